The van der Waals surface area contributed by atoms with E-state index in [9.17, 15) is 5.21 Å². The van der Waals surface area contributed by atoms with Gasteiger partial charge in [0.15, 0.2) is 0 Å². The van der Waals surface area contributed by atoms with Crippen molar-refractivity contribution in [2.45, 2.75) is 37.8 Å². The zero-order chi connectivity index (χ0) is 7.68. The summed E-state index contributed by atoms with van der Waals surface area (Å²) in [5.41, 5.74) is 0. The molecule has 2 atom stereocenters. The minimum Gasteiger partial charge on any atom is -0.785 e. The van der Waals surface area contributed by atoms with Crippen LogP contribution in [0.25, 0.3) is 0 Å². The average Bonchev–Trinajstić information content (AvgIpc) is 2.06. The summed E-state index contributed by atoms with van der Waals surface area (Å²) in [6, 6.07) is 0.785. The molecule has 0 amide bonds. The van der Waals surface area contributed by atoms with E-state index in [0.29, 0.717) is 6.04 Å². The lowest BCUT2D eigenvalue weighted by atomic mass is 9.91. The summed E-state index contributed by atoms with van der Waals surface area (Å²) in [6.07, 6.45) is 4.53. The first kappa shape index (κ1) is 7.53. The largest absolute Gasteiger partial charge is 0.785 e. The van der Waals surface area contributed by atoms with Crippen LogP contribution in [0, 0.1) is 5.21 Å². The molecule has 2 aliphatic heterocycles. The van der Waals surface area contributed by atoms with Crippen LogP contribution >= 0.6 is 0 Å². The van der Waals surface area contributed by atoms with E-state index in [1.54, 1.807) is 0 Å². The molecule has 2 rings (SSSR count). The Hall–Kier alpha value is -0.120. The van der Waals surface area contributed by atoms with E-state index < -0.39 is 0 Å². The van der Waals surface area contributed by atoms with E-state index in [1.807, 2.05) is 0 Å². The maximum atomic E-state index is 11.3. The van der Waals surface area contributed by atoms with Crippen molar-refractivity contribution in [2.75, 3.05) is 13.1 Å². The Morgan fingerprint density at radius 2 is 2.18 bits per heavy atom. The van der Waals surface area contributed by atoms with Gasteiger partial charge in [0.25, 0.3) is 0 Å². The molecule has 2 fully saturated rings. The average molecular weight is 155 g/mol. The van der Waals surface area contributed by atoms with Gasteiger partial charge in [-0.25, -0.2) is 0 Å². The summed E-state index contributed by atoms with van der Waals surface area (Å²) in [6.45, 7) is 1.86. The van der Waals surface area contributed by atoms with Gasteiger partial charge in [-0.1, -0.05) is 0 Å². The fourth-order valence-electron chi connectivity index (χ4n) is 2.21. The number of hydroxylamine groups is 2. The van der Waals surface area contributed by atoms with Gasteiger partial charge in [-0.15, -0.1) is 0 Å². The normalized spacial score (nSPS) is 40.1. The molecule has 0 aromatic carbocycles. The lowest BCUT2D eigenvalue weighted by Gasteiger charge is -2.48. The maximum Gasteiger partial charge on any atom is 0.0214 e. The Kier molecular flexibility index (Phi) is 2.11. The van der Waals surface area contributed by atoms with Crippen LogP contribution in [0.4, 0.5) is 0 Å². The second kappa shape index (κ2) is 3.09. The Balaban J connectivity index is 1.99. The third-order valence-electron chi connectivity index (χ3n) is 2.81. The van der Waals surface area contributed by atoms with Crippen molar-refractivity contribution in [2.24, 2.45) is 0 Å². The van der Waals surface area contributed by atoms with Crippen LogP contribution in [-0.4, -0.2) is 30.2 Å². The van der Waals surface area contributed by atoms with Gasteiger partial charge in [0.2, 0.25) is 0 Å². The van der Waals surface area contributed by atoms with Crippen molar-refractivity contribution in [3.05, 3.63) is 5.21 Å². The molecule has 0 bridgehead atoms. The van der Waals surface area contributed by atoms with Gasteiger partial charge in [0.1, 0.15) is 0 Å². The maximum absolute atomic E-state index is 11.3. The van der Waals surface area contributed by atoms with Crippen LogP contribution in [0.5, 0.6) is 0 Å². The number of nitrogens with one attached hydrogen (secondary N) is 1. The molecule has 0 radical (unpaired) electrons. The summed E-state index contributed by atoms with van der Waals surface area (Å²) in [5, 5.41) is 16.0. The van der Waals surface area contributed by atoms with Crippen LogP contribution in [0.1, 0.15) is 25.7 Å². The van der Waals surface area contributed by atoms with Gasteiger partial charge in [0, 0.05) is 12.1 Å². The quantitative estimate of drug-likeness (QED) is 0.559. The van der Waals surface area contributed by atoms with Crippen molar-refractivity contribution in [1.82, 2.24) is 10.4 Å². The Bertz CT molecular complexity index is 138. The van der Waals surface area contributed by atoms with Crippen LogP contribution < -0.4 is 5.32 Å². The Morgan fingerprint density at radius 3 is 3.00 bits per heavy atom. The standard InChI is InChI=1S/C8H15N2O/c11-10-6-2-3-7-8(10)4-1-5-9-7/h7-9H,1-6H2/q-1. The molecule has 3 nitrogen and oxygen atoms in total. The zero-order valence-corrected chi connectivity index (χ0v) is 6.75. The van der Waals surface area contributed by atoms with Gasteiger partial charge in [-0.3, -0.25) is 0 Å². The molecule has 2 saturated heterocycles. The van der Waals surface area contributed by atoms with E-state index in [4.69, 9.17) is 0 Å². The summed E-state index contributed by atoms with van der Waals surface area (Å²) in [5.74, 6) is 0. The van der Waals surface area contributed by atoms with Gasteiger partial charge < -0.3 is 15.6 Å². The smallest absolute Gasteiger partial charge is 0.0214 e. The Morgan fingerprint density at radius 1 is 1.27 bits per heavy atom. The molecule has 0 saturated carbocycles. The summed E-state index contributed by atoms with van der Waals surface area (Å²) < 4.78 is 0. The van der Waals surface area contributed by atoms with Crippen LogP contribution in [0.3, 0.4) is 0 Å². The number of hydrogen-bond donors (Lipinski definition) is 1. The van der Waals surface area contributed by atoms with Crippen LogP contribution in [0.15, 0.2) is 0 Å². The molecular formula is C8H15N2O-. The second-order valence-corrected chi connectivity index (χ2v) is 3.55. The first-order valence-electron chi connectivity index (χ1n) is 4.55. The molecular weight excluding hydrogens is 140 g/mol. The van der Waals surface area contributed by atoms with Gasteiger partial charge in [-0.2, -0.15) is 0 Å². The Labute approximate surface area is 67.3 Å². The predicted octanol–water partition coefficient (Wildman–Crippen LogP) is 0.701. The first-order chi connectivity index (χ1) is 5.38. The third-order valence-corrected chi connectivity index (χ3v) is 2.81. The number of hydrogen-bond acceptors (Lipinski definition) is 3. The van der Waals surface area contributed by atoms with E-state index in [-0.39, 0.29) is 6.04 Å². The third kappa shape index (κ3) is 1.41. The zero-order valence-electron chi connectivity index (χ0n) is 6.75. The molecule has 2 unspecified atom stereocenters. The van der Waals surface area contributed by atoms with Gasteiger partial charge in [-0.05, 0) is 38.8 Å². The molecule has 64 valence electrons. The topological polar surface area (TPSA) is 38.3 Å². The van der Waals surface area contributed by atoms with Crippen LogP contribution in [-0.2, 0) is 0 Å². The number of fused-ring (bicyclic) bond motifs is 1. The van der Waals surface area contributed by atoms with Gasteiger partial charge >= 0.3 is 0 Å². The van der Waals surface area contributed by atoms with E-state index >= 15 is 0 Å². The molecule has 0 aromatic rings. The highest BCUT2D eigenvalue weighted by Crippen LogP contribution is 2.22. The van der Waals surface area contributed by atoms with E-state index in [0.717, 1.165) is 25.9 Å². The summed E-state index contributed by atoms with van der Waals surface area (Å²) >= 11 is 0. The minimum absolute atomic E-state index is 0.289. The number of piperidine rings is 2. The highest BCUT2D eigenvalue weighted by atomic mass is 16.5. The second-order valence-electron chi connectivity index (χ2n) is 3.55. The highest BCUT2D eigenvalue weighted by Gasteiger charge is 2.28. The fraction of sp³-hybridized carbons (Fsp3) is 1.00. The van der Waals surface area contributed by atoms with Crippen molar-refractivity contribution < 1.29 is 0 Å². The summed E-state index contributed by atoms with van der Waals surface area (Å²) in [4.78, 5) is 0. The summed E-state index contributed by atoms with van der Waals surface area (Å²) in [7, 11) is 0. The number of rotatable bonds is 0. The molecule has 0 spiro atoms. The lowest BCUT2D eigenvalue weighted by Crippen LogP contribution is -2.54. The molecule has 0 aromatic heterocycles. The van der Waals surface area contributed by atoms with Crippen molar-refractivity contribution >= 4 is 0 Å². The SMILES string of the molecule is [O-]N1CCCC2NCCCC21. The number of nitrogens with zero attached hydrogens (tertiary/aromatic N) is 1. The minimum atomic E-state index is 0.289. The predicted molar refractivity (Wildman–Crippen MR) is 44.1 cm³/mol. The van der Waals surface area contributed by atoms with Crippen molar-refractivity contribution in [3.63, 3.8) is 0 Å². The van der Waals surface area contributed by atoms with Gasteiger partial charge in [0.05, 0.1) is 0 Å². The highest BCUT2D eigenvalue weighted by molar-refractivity contribution is 4.91. The molecule has 0 aliphatic carbocycles. The first-order valence-corrected chi connectivity index (χ1v) is 4.55. The molecule has 2 aliphatic rings. The van der Waals surface area contributed by atoms with E-state index in [1.165, 1.54) is 17.9 Å². The lowest BCUT2D eigenvalue weighted by molar-refractivity contribution is 0.132. The van der Waals surface area contributed by atoms with Crippen molar-refractivity contribution in [3.8, 4) is 0 Å². The molecule has 1 N–H and O–H groups in total. The molecule has 11 heavy (non-hydrogen) atoms. The van der Waals surface area contributed by atoms with E-state index in [2.05, 4.69) is 5.32 Å². The molecule has 2 heterocycles. The monoisotopic (exact) mass is 155 g/mol. The fourth-order valence-corrected chi connectivity index (χ4v) is 2.21. The van der Waals surface area contributed by atoms with Crippen LogP contribution in [0.2, 0.25) is 0 Å². The van der Waals surface area contributed by atoms with Crippen molar-refractivity contribution in [1.29, 1.82) is 0 Å². The molecule has 3 heteroatoms.